The summed E-state index contributed by atoms with van der Waals surface area (Å²) in [6.07, 6.45) is 3.85. The molecule has 0 unspecified atom stereocenters. The van der Waals surface area contributed by atoms with Crippen molar-refractivity contribution in [1.29, 1.82) is 0 Å². The quantitative estimate of drug-likeness (QED) is 0.355. The van der Waals surface area contributed by atoms with Crippen molar-refractivity contribution in [3.05, 3.63) is 92.9 Å². The maximum Gasteiger partial charge on any atom is 0.184 e. The Hall–Kier alpha value is -2.84. The number of hydrogen-bond acceptors (Lipinski definition) is 5. The Morgan fingerprint density at radius 2 is 1.97 bits per heavy atom. The third-order valence-corrected chi connectivity index (χ3v) is 6.00. The van der Waals surface area contributed by atoms with E-state index in [1.54, 1.807) is 35.1 Å². The van der Waals surface area contributed by atoms with Gasteiger partial charge in [0.1, 0.15) is 0 Å². The van der Waals surface area contributed by atoms with Crippen LogP contribution in [0.2, 0.25) is 15.1 Å². The lowest BCUT2D eigenvalue weighted by Crippen LogP contribution is -2.37. The van der Waals surface area contributed by atoms with Crippen molar-refractivity contribution >= 4 is 46.2 Å². The summed E-state index contributed by atoms with van der Waals surface area (Å²) in [5.41, 5.74) is 5.14. The van der Waals surface area contributed by atoms with Gasteiger partial charge in [-0.05, 0) is 48.4 Å². The van der Waals surface area contributed by atoms with Gasteiger partial charge < -0.3 is 4.74 Å². The lowest BCUT2D eigenvalue weighted by Gasteiger charge is -2.23. The van der Waals surface area contributed by atoms with Gasteiger partial charge in [-0.25, -0.2) is 14.4 Å². The van der Waals surface area contributed by atoms with Gasteiger partial charge in [-0.2, -0.15) is 5.10 Å². The topological polar surface area (TPSA) is 60.2 Å². The van der Waals surface area contributed by atoms with Crippen LogP contribution in [0.1, 0.15) is 11.1 Å². The Labute approximate surface area is 203 Å². The van der Waals surface area contributed by atoms with E-state index in [9.17, 15) is 4.39 Å². The highest BCUT2D eigenvalue weighted by Gasteiger charge is 2.22. The van der Waals surface area contributed by atoms with Crippen LogP contribution in [0.25, 0.3) is 5.52 Å². The smallest absolute Gasteiger partial charge is 0.184 e. The van der Waals surface area contributed by atoms with Gasteiger partial charge in [0.15, 0.2) is 23.2 Å². The molecule has 2 aromatic heterocycles. The number of nitrogens with one attached hydrogen (secondary N) is 1. The van der Waals surface area contributed by atoms with Crippen molar-refractivity contribution in [2.24, 2.45) is 4.99 Å². The normalized spacial score (nSPS) is 15.9. The molecule has 1 atom stereocenters. The van der Waals surface area contributed by atoms with Crippen LogP contribution in [0.15, 0.2) is 65.9 Å². The van der Waals surface area contributed by atoms with E-state index in [2.05, 4.69) is 10.6 Å². The summed E-state index contributed by atoms with van der Waals surface area (Å²) in [5, 5.41) is 5.33. The lowest BCUT2D eigenvalue weighted by molar-refractivity contribution is 0.0623. The maximum atomic E-state index is 14.5. The average molecular weight is 506 g/mol. The molecule has 6 nitrogen and oxygen atoms in total. The van der Waals surface area contributed by atoms with E-state index in [4.69, 9.17) is 49.4 Å². The number of rotatable bonds is 5. The number of benzene rings is 2. The summed E-state index contributed by atoms with van der Waals surface area (Å²) in [4.78, 5) is 10.4. The molecular weight excluding hydrogens is 490 g/mol. The fourth-order valence-corrected chi connectivity index (χ4v) is 4.17. The zero-order chi connectivity index (χ0) is 22.9. The third kappa shape index (κ3) is 4.63. The monoisotopic (exact) mass is 504 g/mol. The molecule has 0 saturated carbocycles. The zero-order valence-corrected chi connectivity index (χ0v) is 19.2. The summed E-state index contributed by atoms with van der Waals surface area (Å²) in [5.74, 6) is 0.0951. The van der Waals surface area contributed by atoms with Gasteiger partial charge in [-0.3, -0.25) is 9.83 Å². The van der Waals surface area contributed by atoms with Crippen molar-refractivity contribution in [3.8, 4) is 11.5 Å². The minimum absolute atomic E-state index is 0.0166. The van der Waals surface area contributed by atoms with Crippen molar-refractivity contribution in [2.75, 3.05) is 6.61 Å². The molecule has 10 heteroatoms. The SMILES string of the molecule is Fc1c(Cl)cccc1Oc1cn2nccc2cc1C1=N[C@H](Cc2ccc(Cl)cc2Cl)CON1. The number of hydrogen-bond donors (Lipinski definition) is 1. The van der Waals surface area contributed by atoms with E-state index < -0.39 is 5.82 Å². The first-order valence-corrected chi connectivity index (χ1v) is 11.1. The first-order chi connectivity index (χ1) is 16.0. The van der Waals surface area contributed by atoms with E-state index in [0.717, 1.165) is 11.1 Å². The Kier molecular flexibility index (Phi) is 6.12. The number of fused-ring (bicyclic) bond motifs is 1. The summed E-state index contributed by atoms with van der Waals surface area (Å²) in [7, 11) is 0. The molecule has 0 fully saturated rings. The largest absolute Gasteiger partial charge is 0.452 e. The predicted octanol–water partition coefficient (Wildman–Crippen LogP) is 6.12. The van der Waals surface area contributed by atoms with Crippen molar-refractivity contribution in [3.63, 3.8) is 0 Å². The number of aliphatic imine (C=N–C) groups is 1. The number of nitrogens with zero attached hydrogens (tertiary/aromatic N) is 3. The first-order valence-electron chi connectivity index (χ1n) is 9.97. The molecule has 0 aliphatic carbocycles. The van der Waals surface area contributed by atoms with Crippen LogP contribution in [0.4, 0.5) is 4.39 Å². The van der Waals surface area contributed by atoms with Crippen molar-refractivity contribution in [2.45, 2.75) is 12.5 Å². The molecular formula is C23H16Cl3FN4O2. The summed E-state index contributed by atoms with van der Waals surface area (Å²) < 4.78 is 22.0. The second kappa shape index (κ2) is 9.19. The second-order valence-corrected chi connectivity index (χ2v) is 8.64. The van der Waals surface area contributed by atoms with Crippen LogP contribution in [0, 0.1) is 5.82 Å². The highest BCUT2D eigenvalue weighted by molar-refractivity contribution is 6.35. The van der Waals surface area contributed by atoms with Crippen molar-refractivity contribution in [1.82, 2.24) is 15.1 Å². The Morgan fingerprint density at radius 1 is 1.09 bits per heavy atom. The predicted molar refractivity (Wildman–Crippen MR) is 126 cm³/mol. The fourth-order valence-electron chi connectivity index (χ4n) is 3.52. The summed E-state index contributed by atoms with van der Waals surface area (Å²) in [6, 6.07) is 13.4. The maximum absolute atomic E-state index is 14.5. The van der Waals surface area contributed by atoms with E-state index in [1.807, 2.05) is 18.2 Å². The van der Waals surface area contributed by atoms with Crippen LogP contribution in [0.3, 0.4) is 0 Å². The minimum atomic E-state index is -0.657. The number of pyridine rings is 1. The van der Waals surface area contributed by atoms with Gasteiger partial charge in [0.05, 0.1) is 34.9 Å². The zero-order valence-electron chi connectivity index (χ0n) is 16.9. The number of aromatic nitrogens is 2. The Balaban J connectivity index is 1.52. The molecule has 5 rings (SSSR count). The molecule has 2 aromatic carbocycles. The highest BCUT2D eigenvalue weighted by Crippen LogP contribution is 2.32. The number of ether oxygens (including phenoxy) is 1. The number of hydroxylamine groups is 1. The molecule has 1 aliphatic rings. The molecule has 33 heavy (non-hydrogen) atoms. The average Bonchev–Trinajstić information content (AvgIpc) is 3.26. The Bertz CT molecular complexity index is 1380. The van der Waals surface area contributed by atoms with Gasteiger partial charge >= 0.3 is 0 Å². The summed E-state index contributed by atoms with van der Waals surface area (Å²) in [6.45, 7) is 0.344. The van der Waals surface area contributed by atoms with Crippen LogP contribution in [0.5, 0.6) is 11.5 Å². The van der Waals surface area contributed by atoms with Gasteiger partial charge in [-0.15, -0.1) is 0 Å². The molecule has 0 radical (unpaired) electrons. The number of amidine groups is 1. The lowest BCUT2D eigenvalue weighted by atomic mass is 10.1. The molecule has 168 valence electrons. The van der Waals surface area contributed by atoms with E-state index in [0.29, 0.717) is 40.2 Å². The highest BCUT2D eigenvalue weighted by atomic mass is 35.5. The van der Waals surface area contributed by atoms with E-state index in [1.165, 1.54) is 12.1 Å². The van der Waals surface area contributed by atoms with Gasteiger partial charge in [-0.1, -0.05) is 46.9 Å². The molecule has 1 aliphatic heterocycles. The molecule has 1 N–H and O–H groups in total. The van der Waals surface area contributed by atoms with Crippen LogP contribution >= 0.6 is 34.8 Å². The third-order valence-electron chi connectivity index (χ3n) is 5.12. The minimum Gasteiger partial charge on any atom is -0.452 e. The van der Waals surface area contributed by atoms with E-state index >= 15 is 0 Å². The molecule has 0 saturated heterocycles. The number of halogens is 4. The van der Waals surface area contributed by atoms with Gasteiger partial charge in [0.2, 0.25) is 0 Å². The molecule has 4 aromatic rings. The van der Waals surface area contributed by atoms with Gasteiger partial charge in [0, 0.05) is 16.2 Å². The molecule has 0 amide bonds. The standard InChI is InChI=1S/C23H16Cl3FN4O2/c24-14-5-4-13(19(26)9-14)8-15-12-32-30-23(29-15)17-10-16-6-7-28-31(16)11-21(17)33-20-3-1-2-18(25)22(20)27/h1-7,9-11,15H,8,12H2,(H,29,30)/t15-/m1/s1. The molecule has 0 bridgehead atoms. The van der Waals surface area contributed by atoms with Crippen LogP contribution < -0.4 is 10.2 Å². The van der Waals surface area contributed by atoms with Crippen LogP contribution in [-0.4, -0.2) is 28.1 Å². The molecule has 3 heterocycles. The first kappa shape index (κ1) is 22.0. The van der Waals surface area contributed by atoms with Crippen LogP contribution in [-0.2, 0) is 11.3 Å². The van der Waals surface area contributed by atoms with E-state index in [-0.39, 0.29) is 16.8 Å². The molecule has 0 spiro atoms. The van der Waals surface area contributed by atoms with Gasteiger partial charge in [0.25, 0.3) is 0 Å². The summed E-state index contributed by atoms with van der Waals surface area (Å²) >= 11 is 18.3. The Morgan fingerprint density at radius 3 is 2.82 bits per heavy atom. The fraction of sp³-hybridized carbons (Fsp3) is 0.130. The second-order valence-electron chi connectivity index (χ2n) is 7.39. The van der Waals surface area contributed by atoms with Crippen molar-refractivity contribution < 1.29 is 14.0 Å².